The molecular formula is C13H20ClN. The van der Waals surface area contributed by atoms with Crippen LogP contribution in [0.25, 0.3) is 0 Å². The van der Waals surface area contributed by atoms with Crippen molar-refractivity contribution in [1.82, 2.24) is 4.90 Å². The number of hydrogen-bond acceptors (Lipinski definition) is 1. The average molecular weight is 226 g/mol. The minimum Gasteiger partial charge on any atom is -0.309 e. The number of rotatable bonds is 4. The van der Waals surface area contributed by atoms with Gasteiger partial charge in [-0.05, 0) is 43.6 Å². The molecule has 1 atom stereocenters. The zero-order valence-electron chi connectivity index (χ0n) is 10.00. The molecule has 0 aliphatic carbocycles. The lowest BCUT2D eigenvalue weighted by Crippen LogP contribution is -2.23. The Hall–Kier alpha value is -0.530. The second-order valence-electron chi connectivity index (χ2n) is 4.66. The Labute approximate surface area is 98.0 Å². The number of hydrogen-bond donors (Lipinski definition) is 0. The highest BCUT2D eigenvalue weighted by molar-refractivity contribution is 6.30. The third-order valence-corrected chi connectivity index (χ3v) is 2.92. The number of likely N-dealkylation sites (N-methyl/N-ethyl adjacent to an activating group) is 1. The lowest BCUT2D eigenvalue weighted by molar-refractivity contribution is 0.330. The Morgan fingerprint density at radius 2 is 1.67 bits per heavy atom. The van der Waals surface area contributed by atoms with E-state index in [0.29, 0.717) is 11.8 Å². The summed E-state index contributed by atoms with van der Waals surface area (Å²) in [5.41, 5.74) is 1.38. The van der Waals surface area contributed by atoms with Crippen molar-refractivity contribution in [3.05, 3.63) is 34.9 Å². The summed E-state index contributed by atoms with van der Waals surface area (Å²) in [6.45, 7) is 5.62. The monoisotopic (exact) mass is 225 g/mol. The van der Waals surface area contributed by atoms with E-state index in [1.807, 2.05) is 12.1 Å². The summed E-state index contributed by atoms with van der Waals surface area (Å²) in [5, 5.41) is 0.811. The Bertz CT molecular complexity index is 290. The van der Waals surface area contributed by atoms with Crippen molar-refractivity contribution in [2.75, 3.05) is 20.6 Å². The maximum atomic E-state index is 5.89. The van der Waals surface area contributed by atoms with Crippen molar-refractivity contribution in [2.24, 2.45) is 5.92 Å². The summed E-state index contributed by atoms with van der Waals surface area (Å²) in [5.74, 6) is 1.23. The highest BCUT2D eigenvalue weighted by Gasteiger charge is 2.16. The van der Waals surface area contributed by atoms with E-state index in [9.17, 15) is 0 Å². The van der Waals surface area contributed by atoms with Gasteiger partial charge in [0.05, 0.1) is 0 Å². The fourth-order valence-corrected chi connectivity index (χ4v) is 1.93. The molecule has 1 unspecified atom stereocenters. The summed E-state index contributed by atoms with van der Waals surface area (Å²) in [6.07, 6.45) is 0. The van der Waals surface area contributed by atoms with Crippen LogP contribution in [0, 0.1) is 5.92 Å². The van der Waals surface area contributed by atoms with Gasteiger partial charge < -0.3 is 4.90 Å². The molecule has 1 aromatic carbocycles. The molecule has 0 bridgehead atoms. The topological polar surface area (TPSA) is 3.24 Å². The molecule has 0 fully saturated rings. The maximum Gasteiger partial charge on any atom is 0.0406 e. The maximum absolute atomic E-state index is 5.89. The number of nitrogens with zero attached hydrogens (tertiary/aromatic N) is 1. The van der Waals surface area contributed by atoms with E-state index in [-0.39, 0.29) is 0 Å². The summed E-state index contributed by atoms with van der Waals surface area (Å²) >= 11 is 5.89. The van der Waals surface area contributed by atoms with Gasteiger partial charge in [-0.2, -0.15) is 0 Å². The Kier molecular flexibility index (Phi) is 4.62. The molecule has 0 aliphatic rings. The lowest BCUT2D eigenvalue weighted by atomic mass is 9.88. The summed E-state index contributed by atoms with van der Waals surface area (Å²) in [6, 6.07) is 8.22. The molecule has 0 aromatic heterocycles. The van der Waals surface area contributed by atoms with E-state index in [4.69, 9.17) is 11.6 Å². The largest absolute Gasteiger partial charge is 0.309 e. The van der Waals surface area contributed by atoms with E-state index < -0.39 is 0 Å². The molecule has 0 heterocycles. The first kappa shape index (κ1) is 12.5. The molecule has 0 aliphatic heterocycles. The van der Waals surface area contributed by atoms with Crippen LogP contribution in [0.2, 0.25) is 5.02 Å². The van der Waals surface area contributed by atoms with Crippen LogP contribution in [0.15, 0.2) is 24.3 Å². The summed E-state index contributed by atoms with van der Waals surface area (Å²) in [7, 11) is 4.23. The second-order valence-corrected chi connectivity index (χ2v) is 5.10. The molecule has 0 spiro atoms. The molecular weight excluding hydrogens is 206 g/mol. The van der Waals surface area contributed by atoms with Crippen molar-refractivity contribution >= 4 is 11.6 Å². The van der Waals surface area contributed by atoms with Gasteiger partial charge in [0.1, 0.15) is 0 Å². The van der Waals surface area contributed by atoms with Crippen molar-refractivity contribution in [2.45, 2.75) is 19.8 Å². The fraction of sp³-hybridized carbons (Fsp3) is 0.538. The standard InChI is InChI=1S/C13H20ClN/c1-10(2)13(9-15(3)4)11-5-7-12(14)8-6-11/h5-8,10,13H,9H2,1-4H3. The predicted molar refractivity (Wildman–Crippen MR) is 67.6 cm³/mol. The Morgan fingerprint density at radius 3 is 2.07 bits per heavy atom. The molecule has 0 radical (unpaired) electrons. The molecule has 0 saturated carbocycles. The quantitative estimate of drug-likeness (QED) is 0.756. The average Bonchev–Trinajstić information content (AvgIpc) is 2.15. The van der Waals surface area contributed by atoms with Crippen molar-refractivity contribution in [1.29, 1.82) is 0 Å². The van der Waals surface area contributed by atoms with Gasteiger partial charge in [0.2, 0.25) is 0 Å². The van der Waals surface area contributed by atoms with E-state index in [0.717, 1.165) is 11.6 Å². The molecule has 2 heteroatoms. The number of benzene rings is 1. The van der Waals surface area contributed by atoms with Gasteiger partial charge >= 0.3 is 0 Å². The van der Waals surface area contributed by atoms with Crippen LogP contribution in [0.4, 0.5) is 0 Å². The molecule has 0 amide bonds. The van der Waals surface area contributed by atoms with Crippen molar-refractivity contribution in [3.63, 3.8) is 0 Å². The molecule has 1 aromatic rings. The van der Waals surface area contributed by atoms with Gasteiger partial charge in [0.15, 0.2) is 0 Å². The molecule has 0 N–H and O–H groups in total. The molecule has 1 rings (SSSR count). The molecule has 84 valence electrons. The van der Waals surface area contributed by atoms with Crippen LogP contribution in [-0.4, -0.2) is 25.5 Å². The van der Waals surface area contributed by atoms with Gasteiger partial charge in [-0.1, -0.05) is 37.6 Å². The van der Waals surface area contributed by atoms with E-state index in [2.05, 4.69) is 45.0 Å². The van der Waals surface area contributed by atoms with Crippen LogP contribution in [0.3, 0.4) is 0 Å². The molecule has 15 heavy (non-hydrogen) atoms. The summed E-state index contributed by atoms with van der Waals surface area (Å²) in [4.78, 5) is 2.24. The van der Waals surface area contributed by atoms with Gasteiger partial charge in [-0.15, -0.1) is 0 Å². The third kappa shape index (κ3) is 3.84. The van der Waals surface area contributed by atoms with Gasteiger partial charge in [0.25, 0.3) is 0 Å². The zero-order chi connectivity index (χ0) is 11.4. The molecule has 0 saturated heterocycles. The van der Waals surface area contributed by atoms with E-state index in [1.54, 1.807) is 0 Å². The van der Waals surface area contributed by atoms with Crippen LogP contribution in [0.5, 0.6) is 0 Å². The second kappa shape index (κ2) is 5.53. The van der Waals surface area contributed by atoms with E-state index >= 15 is 0 Å². The first-order valence-corrected chi connectivity index (χ1v) is 5.78. The van der Waals surface area contributed by atoms with Crippen LogP contribution < -0.4 is 0 Å². The Morgan fingerprint density at radius 1 is 1.13 bits per heavy atom. The third-order valence-electron chi connectivity index (χ3n) is 2.66. The van der Waals surface area contributed by atoms with Crippen LogP contribution in [-0.2, 0) is 0 Å². The van der Waals surface area contributed by atoms with Gasteiger partial charge in [-0.3, -0.25) is 0 Å². The van der Waals surface area contributed by atoms with Gasteiger partial charge in [0, 0.05) is 11.6 Å². The first-order valence-electron chi connectivity index (χ1n) is 5.41. The first-order chi connectivity index (χ1) is 7.00. The minimum absolute atomic E-state index is 0.581. The van der Waals surface area contributed by atoms with Crippen molar-refractivity contribution < 1.29 is 0 Å². The highest BCUT2D eigenvalue weighted by atomic mass is 35.5. The predicted octanol–water partition coefficient (Wildman–Crippen LogP) is 3.64. The molecule has 1 nitrogen and oxygen atoms in total. The van der Waals surface area contributed by atoms with Crippen LogP contribution in [0.1, 0.15) is 25.3 Å². The lowest BCUT2D eigenvalue weighted by Gasteiger charge is -2.25. The van der Waals surface area contributed by atoms with Crippen LogP contribution >= 0.6 is 11.6 Å². The SMILES string of the molecule is CC(C)C(CN(C)C)c1ccc(Cl)cc1. The minimum atomic E-state index is 0.581. The Balaban J connectivity index is 2.84. The van der Waals surface area contributed by atoms with E-state index in [1.165, 1.54) is 5.56 Å². The fourth-order valence-electron chi connectivity index (χ4n) is 1.80. The van der Waals surface area contributed by atoms with Gasteiger partial charge in [-0.25, -0.2) is 0 Å². The highest BCUT2D eigenvalue weighted by Crippen LogP contribution is 2.26. The van der Waals surface area contributed by atoms with Crippen molar-refractivity contribution in [3.8, 4) is 0 Å². The smallest absolute Gasteiger partial charge is 0.0406 e. The normalized spacial score (nSPS) is 13.5. The zero-order valence-corrected chi connectivity index (χ0v) is 10.8. The number of halogens is 1. The summed E-state index contributed by atoms with van der Waals surface area (Å²) < 4.78 is 0.